The molecule has 0 fully saturated rings. The molecule has 0 aromatic heterocycles. The highest BCUT2D eigenvalue weighted by molar-refractivity contribution is 7.85. The van der Waals surface area contributed by atoms with E-state index in [1.54, 1.807) is 48.5 Å². The lowest BCUT2D eigenvalue weighted by Gasteiger charge is -2.21. The molecule has 7 nitrogen and oxygen atoms in total. The summed E-state index contributed by atoms with van der Waals surface area (Å²) in [4.78, 5) is 17.2. The highest BCUT2D eigenvalue weighted by Gasteiger charge is 2.32. The minimum absolute atomic E-state index is 0.0387. The van der Waals surface area contributed by atoms with Crippen molar-refractivity contribution in [1.82, 2.24) is 4.47 Å². The van der Waals surface area contributed by atoms with Crippen molar-refractivity contribution < 1.29 is 22.2 Å². The molecule has 3 rings (SSSR count). The van der Waals surface area contributed by atoms with E-state index >= 15 is 0 Å². The fourth-order valence-electron chi connectivity index (χ4n) is 2.40. The van der Waals surface area contributed by atoms with Gasteiger partial charge in [-0.15, -0.1) is 0 Å². The largest absolute Gasteiger partial charge is 0.445 e. The standard InChI is InChI=1S/C19H13Cl3N2O5S/c20-13-7-8-15(12-6-9-16(21)17(22)10-12)18(11-13)28-24(19(23)25)30(26,27)29-14-4-2-1-3-5-14/h1-11H,(H2,23,25). The number of rotatable bonds is 6. The molecule has 11 heteroatoms. The van der Waals surface area contributed by atoms with Crippen LogP contribution < -0.4 is 14.8 Å². The summed E-state index contributed by atoms with van der Waals surface area (Å²) in [7, 11) is -4.75. The summed E-state index contributed by atoms with van der Waals surface area (Å²) < 4.78 is 30.0. The summed E-state index contributed by atoms with van der Waals surface area (Å²) >= 11 is 18.0. The van der Waals surface area contributed by atoms with Gasteiger partial charge in [-0.2, -0.15) is 8.42 Å². The van der Waals surface area contributed by atoms with Crippen LogP contribution >= 0.6 is 34.8 Å². The fraction of sp³-hybridized carbons (Fsp3) is 0. The molecule has 0 aliphatic heterocycles. The number of halogens is 3. The molecule has 0 heterocycles. The smallest absolute Gasteiger partial charge is 0.365 e. The molecule has 156 valence electrons. The number of urea groups is 1. The molecule has 0 aliphatic rings. The normalized spacial score (nSPS) is 11.0. The van der Waals surface area contributed by atoms with Crippen molar-refractivity contribution in [3.63, 3.8) is 0 Å². The van der Waals surface area contributed by atoms with Crippen LogP contribution in [-0.4, -0.2) is 18.9 Å². The van der Waals surface area contributed by atoms with Gasteiger partial charge in [-0.25, -0.2) is 4.79 Å². The summed E-state index contributed by atoms with van der Waals surface area (Å²) in [5.74, 6) is -0.122. The third-order valence-corrected chi connectivity index (χ3v) is 5.72. The van der Waals surface area contributed by atoms with Crippen LogP contribution in [0.4, 0.5) is 4.79 Å². The molecule has 2 amide bonds. The fourth-order valence-corrected chi connectivity index (χ4v) is 3.67. The summed E-state index contributed by atoms with van der Waals surface area (Å²) in [6.45, 7) is 0. The number of hydroxylamine groups is 1. The molecule has 0 saturated heterocycles. The van der Waals surface area contributed by atoms with E-state index in [9.17, 15) is 13.2 Å². The third-order valence-electron chi connectivity index (χ3n) is 3.68. The average Bonchev–Trinajstić information content (AvgIpc) is 2.68. The Kier molecular flexibility index (Phi) is 6.62. The number of amides is 2. The van der Waals surface area contributed by atoms with Gasteiger partial charge in [0.15, 0.2) is 5.75 Å². The molecule has 0 saturated carbocycles. The molecule has 3 aromatic carbocycles. The lowest BCUT2D eigenvalue weighted by atomic mass is 10.0. The van der Waals surface area contributed by atoms with Crippen LogP contribution in [0.15, 0.2) is 66.7 Å². The maximum Gasteiger partial charge on any atom is 0.445 e. The summed E-state index contributed by atoms with van der Waals surface area (Å²) in [6.07, 6.45) is 0. The van der Waals surface area contributed by atoms with E-state index in [0.717, 1.165) is 0 Å². The van der Waals surface area contributed by atoms with Crippen molar-refractivity contribution in [3.8, 4) is 22.6 Å². The first-order chi connectivity index (χ1) is 14.2. The second kappa shape index (κ2) is 9.01. The van der Waals surface area contributed by atoms with E-state index in [-0.39, 0.29) is 26.0 Å². The van der Waals surface area contributed by atoms with Gasteiger partial charge in [0, 0.05) is 16.7 Å². The minimum Gasteiger partial charge on any atom is -0.365 e. The monoisotopic (exact) mass is 486 g/mol. The highest BCUT2D eigenvalue weighted by atomic mass is 35.5. The van der Waals surface area contributed by atoms with Gasteiger partial charge in [-0.05, 0) is 46.4 Å². The molecule has 0 aliphatic carbocycles. The molecule has 0 atom stereocenters. The second-order valence-electron chi connectivity index (χ2n) is 5.78. The summed E-state index contributed by atoms with van der Waals surface area (Å²) in [5, 5.41) is 0.816. The Morgan fingerprint density at radius 2 is 1.60 bits per heavy atom. The van der Waals surface area contributed by atoms with Gasteiger partial charge < -0.3 is 14.8 Å². The van der Waals surface area contributed by atoms with Gasteiger partial charge in [0.25, 0.3) is 0 Å². The van der Waals surface area contributed by atoms with Crippen LogP contribution in [0.3, 0.4) is 0 Å². The molecule has 0 bridgehead atoms. The van der Waals surface area contributed by atoms with Crippen molar-refractivity contribution in [2.45, 2.75) is 0 Å². The number of carbonyl (C=O) groups excluding carboxylic acids is 1. The molecular formula is C19H13Cl3N2O5S. The summed E-state index contributed by atoms with van der Waals surface area (Å²) in [6, 6.07) is 15.3. The van der Waals surface area contributed by atoms with Gasteiger partial charge in [0.05, 0.1) is 10.0 Å². The zero-order valence-corrected chi connectivity index (χ0v) is 18.0. The van der Waals surface area contributed by atoms with Gasteiger partial charge in [-0.3, -0.25) is 0 Å². The van der Waals surface area contributed by atoms with Crippen LogP contribution in [0, 0.1) is 0 Å². The van der Waals surface area contributed by atoms with Crippen LogP contribution in [0.1, 0.15) is 0 Å². The van der Waals surface area contributed by atoms with Crippen molar-refractivity contribution in [2.75, 3.05) is 0 Å². The number of benzene rings is 3. The predicted molar refractivity (Wildman–Crippen MR) is 115 cm³/mol. The highest BCUT2D eigenvalue weighted by Crippen LogP contribution is 2.36. The Morgan fingerprint density at radius 1 is 0.900 bits per heavy atom. The third kappa shape index (κ3) is 5.09. The lowest BCUT2D eigenvalue weighted by molar-refractivity contribution is 0.0661. The van der Waals surface area contributed by atoms with Gasteiger partial charge in [-0.1, -0.05) is 59.1 Å². The van der Waals surface area contributed by atoms with Crippen molar-refractivity contribution in [3.05, 3.63) is 81.8 Å². The number of carbonyl (C=O) groups is 1. The number of hydrogen-bond donors (Lipinski definition) is 1. The molecule has 0 radical (unpaired) electrons. The maximum absolute atomic E-state index is 12.6. The molecule has 2 N–H and O–H groups in total. The van der Waals surface area contributed by atoms with Crippen LogP contribution in [0.2, 0.25) is 15.1 Å². The van der Waals surface area contributed by atoms with E-state index in [1.165, 1.54) is 18.2 Å². The van der Waals surface area contributed by atoms with Crippen LogP contribution in [-0.2, 0) is 10.3 Å². The average molecular weight is 488 g/mol. The SMILES string of the molecule is NC(=O)N(Oc1cc(Cl)ccc1-c1ccc(Cl)c(Cl)c1)S(=O)(=O)Oc1ccccc1. The lowest BCUT2D eigenvalue weighted by Crippen LogP contribution is -2.45. The summed E-state index contributed by atoms with van der Waals surface area (Å²) in [5.41, 5.74) is 6.13. The minimum atomic E-state index is -4.75. The zero-order valence-electron chi connectivity index (χ0n) is 15.0. The zero-order chi connectivity index (χ0) is 21.9. The van der Waals surface area contributed by atoms with E-state index < -0.39 is 16.3 Å². The quantitative estimate of drug-likeness (QED) is 0.475. The number of primary amides is 1. The van der Waals surface area contributed by atoms with Gasteiger partial charge in [0.2, 0.25) is 0 Å². The van der Waals surface area contributed by atoms with E-state index in [4.69, 9.17) is 49.6 Å². The molecule has 3 aromatic rings. The van der Waals surface area contributed by atoms with Gasteiger partial charge >= 0.3 is 16.3 Å². The van der Waals surface area contributed by atoms with E-state index in [2.05, 4.69) is 0 Å². The number of hydrogen-bond acceptors (Lipinski definition) is 5. The Labute approximate surface area is 187 Å². The van der Waals surface area contributed by atoms with E-state index in [0.29, 0.717) is 16.1 Å². The van der Waals surface area contributed by atoms with Gasteiger partial charge in [0.1, 0.15) is 5.75 Å². The molecule has 0 unspecified atom stereocenters. The van der Waals surface area contributed by atoms with E-state index in [1.807, 2.05) is 0 Å². The predicted octanol–water partition coefficient (Wildman–Crippen LogP) is 5.31. The molecule has 30 heavy (non-hydrogen) atoms. The Bertz CT molecular complexity index is 1190. The first kappa shape index (κ1) is 22.0. The van der Waals surface area contributed by atoms with Crippen LogP contribution in [0.5, 0.6) is 11.5 Å². The topological polar surface area (TPSA) is 98.9 Å². The Hall–Kier alpha value is -2.65. The van der Waals surface area contributed by atoms with Crippen molar-refractivity contribution >= 4 is 51.1 Å². The van der Waals surface area contributed by atoms with Crippen molar-refractivity contribution in [1.29, 1.82) is 0 Å². The van der Waals surface area contributed by atoms with Crippen LogP contribution in [0.25, 0.3) is 11.1 Å². The Balaban J connectivity index is 2.00. The first-order valence-electron chi connectivity index (χ1n) is 8.19. The van der Waals surface area contributed by atoms with Crippen molar-refractivity contribution in [2.24, 2.45) is 5.73 Å². The number of para-hydroxylation sites is 1. The molecular weight excluding hydrogens is 475 g/mol. The first-order valence-corrected chi connectivity index (χ1v) is 10.7. The second-order valence-corrected chi connectivity index (χ2v) is 8.38. The Morgan fingerprint density at radius 3 is 2.23 bits per heavy atom. The maximum atomic E-state index is 12.6. The number of nitrogens with two attached hydrogens (primary N) is 1. The molecule has 0 spiro atoms. The number of nitrogens with zero attached hydrogens (tertiary/aromatic N) is 1.